The molecule has 0 spiro atoms. The SMILES string of the molecule is CC[C@H](C)[C@H](NC(=O)CC(C)(C)C)C(=O)N1Cc2cc(OCC(=O)OC)ccc2C[C@H]1C(=O)Nc1ccc(OC)cc1. The molecule has 0 saturated heterocycles. The van der Waals surface area contributed by atoms with E-state index in [9.17, 15) is 19.2 Å². The zero-order valence-corrected chi connectivity index (χ0v) is 25.6. The van der Waals surface area contributed by atoms with Crippen molar-refractivity contribution < 1.29 is 33.4 Å². The first-order valence-corrected chi connectivity index (χ1v) is 14.2. The number of hydrogen-bond donors (Lipinski definition) is 2. The summed E-state index contributed by atoms with van der Waals surface area (Å²) >= 11 is 0. The summed E-state index contributed by atoms with van der Waals surface area (Å²) in [6.45, 7) is 9.66. The molecule has 2 aromatic rings. The third-order valence-electron chi connectivity index (χ3n) is 7.32. The van der Waals surface area contributed by atoms with Crippen molar-refractivity contribution in [2.45, 2.75) is 72.5 Å². The van der Waals surface area contributed by atoms with E-state index in [0.717, 1.165) is 11.1 Å². The van der Waals surface area contributed by atoms with Gasteiger partial charge in [-0.15, -0.1) is 0 Å². The van der Waals surface area contributed by atoms with Crippen molar-refractivity contribution in [1.82, 2.24) is 10.2 Å². The Morgan fingerprint density at radius 1 is 1.00 bits per heavy atom. The van der Waals surface area contributed by atoms with Gasteiger partial charge in [-0.05, 0) is 58.9 Å². The van der Waals surface area contributed by atoms with Crippen molar-refractivity contribution in [3.05, 3.63) is 53.6 Å². The van der Waals surface area contributed by atoms with Crippen molar-refractivity contribution in [3.8, 4) is 11.5 Å². The number of rotatable bonds is 11. The first kappa shape index (κ1) is 32.4. The lowest BCUT2D eigenvalue weighted by Gasteiger charge is -2.39. The van der Waals surface area contributed by atoms with Crippen LogP contribution in [0.4, 0.5) is 5.69 Å². The first-order chi connectivity index (χ1) is 19.8. The molecule has 0 fully saturated rings. The standard InChI is InChI=1S/C32H43N3O7/c1-8-20(2)29(34-27(36)17-32(3,4)5)31(39)35-18-22-15-25(42-19-28(37)41-7)12-9-21(22)16-26(35)30(38)33-23-10-13-24(40-6)14-11-23/h9-15,20,26,29H,8,16-19H2,1-7H3,(H,33,38)(H,34,36)/t20-,26-,29-/m0/s1. The number of esters is 1. The van der Waals surface area contributed by atoms with E-state index in [1.54, 1.807) is 48.4 Å². The van der Waals surface area contributed by atoms with E-state index in [1.807, 2.05) is 40.7 Å². The number of carbonyl (C=O) groups excluding carboxylic acids is 4. The van der Waals surface area contributed by atoms with Crippen molar-refractivity contribution >= 4 is 29.4 Å². The van der Waals surface area contributed by atoms with E-state index in [1.165, 1.54) is 7.11 Å². The lowest BCUT2D eigenvalue weighted by atomic mass is 9.89. The Morgan fingerprint density at radius 3 is 2.26 bits per heavy atom. The Labute approximate surface area is 248 Å². The van der Waals surface area contributed by atoms with Crippen molar-refractivity contribution in [2.75, 3.05) is 26.1 Å². The van der Waals surface area contributed by atoms with Crippen LogP contribution in [-0.4, -0.2) is 61.5 Å². The molecule has 10 heteroatoms. The van der Waals surface area contributed by atoms with E-state index in [-0.39, 0.29) is 55.0 Å². The zero-order chi connectivity index (χ0) is 31.0. The van der Waals surface area contributed by atoms with Crippen molar-refractivity contribution in [2.24, 2.45) is 11.3 Å². The topological polar surface area (TPSA) is 123 Å². The van der Waals surface area contributed by atoms with Gasteiger partial charge < -0.3 is 29.7 Å². The molecule has 2 aromatic carbocycles. The number of nitrogens with zero attached hydrogens (tertiary/aromatic N) is 1. The van der Waals surface area contributed by atoms with Crippen LogP contribution < -0.4 is 20.1 Å². The molecule has 3 atom stereocenters. The van der Waals surface area contributed by atoms with E-state index in [0.29, 0.717) is 23.6 Å². The first-order valence-electron chi connectivity index (χ1n) is 14.2. The minimum Gasteiger partial charge on any atom is -0.497 e. The monoisotopic (exact) mass is 581 g/mol. The number of amides is 3. The summed E-state index contributed by atoms with van der Waals surface area (Å²) in [7, 11) is 2.85. The molecule has 3 rings (SSSR count). The highest BCUT2D eigenvalue weighted by atomic mass is 16.6. The molecule has 2 N–H and O–H groups in total. The van der Waals surface area contributed by atoms with Crippen LogP contribution in [0.3, 0.4) is 0 Å². The summed E-state index contributed by atoms with van der Waals surface area (Å²) in [5, 5.41) is 5.90. The quantitative estimate of drug-likeness (QED) is 0.383. The van der Waals surface area contributed by atoms with Crippen LogP contribution >= 0.6 is 0 Å². The fourth-order valence-corrected chi connectivity index (χ4v) is 4.79. The molecule has 0 unspecified atom stereocenters. The van der Waals surface area contributed by atoms with Crippen LogP contribution in [0.5, 0.6) is 11.5 Å². The maximum absolute atomic E-state index is 14.2. The Balaban J connectivity index is 1.94. The average Bonchev–Trinajstić information content (AvgIpc) is 2.96. The summed E-state index contributed by atoms with van der Waals surface area (Å²) in [5.41, 5.74) is 2.00. The lowest BCUT2D eigenvalue weighted by molar-refractivity contribution is -0.144. The molecule has 0 saturated carbocycles. The average molecular weight is 582 g/mol. The predicted molar refractivity (Wildman–Crippen MR) is 159 cm³/mol. The molecular formula is C32H43N3O7. The normalized spacial score (nSPS) is 16.0. The molecule has 228 valence electrons. The number of benzene rings is 2. The number of ether oxygens (including phenoxy) is 3. The number of methoxy groups -OCH3 is 2. The molecule has 10 nitrogen and oxygen atoms in total. The van der Waals surface area contributed by atoms with E-state index in [4.69, 9.17) is 9.47 Å². The van der Waals surface area contributed by atoms with Crippen LogP contribution in [0.2, 0.25) is 0 Å². The van der Waals surface area contributed by atoms with Gasteiger partial charge in [0.05, 0.1) is 14.2 Å². The number of anilines is 1. The summed E-state index contributed by atoms with van der Waals surface area (Å²) in [4.78, 5) is 54.0. The molecule has 1 aliphatic rings. The maximum Gasteiger partial charge on any atom is 0.343 e. The highest BCUT2D eigenvalue weighted by Crippen LogP contribution is 2.30. The largest absolute Gasteiger partial charge is 0.497 e. The summed E-state index contributed by atoms with van der Waals surface area (Å²) in [5.74, 6) is -0.447. The van der Waals surface area contributed by atoms with Crippen LogP contribution in [0.1, 0.15) is 58.6 Å². The van der Waals surface area contributed by atoms with E-state index in [2.05, 4.69) is 15.4 Å². The van der Waals surface area contributed by atoms with Gasteiger partial charge in [-0.25, -0.2) is 4.79 Å². The molecular weight excluding hydrogens is 538 g/mol. The molecule has 0 bridgehead atoms. The Bertz CT molecular complexity index is 1270. The van der Waals surface area contributed by atoms with Gasteiger partial charge in [0.15, 0.2) is 6.61 Å². The van der Waals surface area contributed by atoms with Gasteiger partial charge in [-0.1, -0.05) is 47.1 Å². The number of nitrogens with one attached hydrogen (secondary N) is 2. The van der Waals surface area contributed by atoms with Crippen LogP contribution in [0.15, 0.2) is 42.5 Å². The Hall–Kier alpha value is -4.08. The van der Waals surface area contributed by atoms with Gasteiger partial charge in [0, 0.05) is 25.1 Å². The second-order valence-corrected chi connectivity index (χ2v) is 11.9. The number of fused-ring (bicyclic) bond motifs is 1. The smallest absolute Gasteiger partial charge is 0.343 e. The third kappa shape index (κ3) is 8.71. The highest BCUT2D eigenvalue weighted by Gasteiger charge is 2.40. The minimum atomic E-state index is -0.819. The van der Waals surface area contributed by atoms with Gasteiger partial charge in [-0.3, -0.25) is 14.4 Å². The van der Waals surface area contributed by atoms with Crippen molar-refractivity contribution in [3.63, 3.8) is 0 Å². The molecule has 0 radical (unpaired) electrons. The predicted octanol–water partition coefficient (Wildman–Crippen LogP) is 4.11. The molecule has 42 heavy (non-hydrogen) atoms. The molecule has 0 aliphatic carbocycles. The summed E-state index contributed by atoms with van der Waals surface area (Å²) in [6.07, 6.45) is 1.19. The Kier molecular flexibility index (Phi) is 11.0. The zero-order valence-electron chi connectivity index (χ0n) is 25.6. The minimum absolute atomic E-state index is 0.131. The second kappa shape index (κ2) is 14.2. The van der Waals surface area contributed by atoms with Gasteiger partial charge in [0.2, 0.25) is 17.7 Å². The fraction of sp³-hybridized carbons (Fsp3) is 0.500. The fourth-order valence-electron chi connectivity index (χ4n) is 4.79. The maximum atomic E-state index is 14.2. The van der Waals surface area contributed by atoms with Crippen LogP contribution in [-0.2, 0) is 36.9 Å². The van der Waals surface area contributed by atoms with Gasteiger partial charge in [-0.2, -0.15) is 0 Å². The molecule has 1 heterocycles. The van der Waals surface area contributed by atoms with Crippen LogP contribution in [0.25, 0.3) is 0 Å². The van der Waals surface area contributed by atoms with E-state index < -0.39 is 18.1 Å². The van der Waals surface area contributed by atoms with Gasteiger partial charge in [0.25, 0.3) is 0 Å². The Morgan fingerprint density at radius 2 is 1.67 bits per heavy atom. The summed E-state index contributed by atoms with van der Waals surface area (Å²) in [6, 6.07) is 10.7. The van der Waals surface area contributed by atoms with Gasteiger partial charge in [0.1, 0.15) is 23.6 Å². The third-order valence-corrected chi connectivity index (χ3v) is 7.32. The number of carbonyl (C=O) groups is 4. The van der Waals surface area contributed by atoms with E-state index >= 15 is 0 Å². The molecule has 0 aromatic heterocycles. The van der Waals surface area contributed by atoms with Crippen molar-refractivity contribution in [1.29, 1.82) is 0 Å². The summed E-state index contributed by atoms with van der Waals surface area (Å²) < 4.78 is 15.4. The number of hydrogen-bond acceptors (Lipinski definition) is 7. The highest BCUT2D eigenvalue weighted by molar-refractivity contribution is 5.99. The van der Waals surface area contributed by atoms with Crippen LogP contribution in [0, 0.1) is 11.3 Å². The lowest BCUT2D eigenvalue weighted by Crippen LogP contribution is -2.58. The molecule has 1 aliphatic heterocycles. The molecule has 3 amide bonds. The van der Waals surface area contributed by atoms with Gasteiger partial charge >= 0.3 is 5.97 Å². The second-order valence-electron chi connectivity index (χ2n) is 11.9.